The highest BCUT2D eigenvalue weighted by Gasteiger charge is 2.43. The lowest BCUT2D eigenvalue weighted by atomic mass is 9.87. The first-order chi connectivity index (χ1) is 13.4. The van der Waals surface area contributed by atoms with Gasteiger partial charge in [0.25, 0.3) is 0 Å². The fourth-order valence-electron chi connectivity index (χ4n) is 4.39. The van der Waals surface area contributed by atoms with Crippen molar-refractivity contribution in [2.75, 3.05) is 19.8 Å². The number of fused-ring (bicyclic) bond motifs is 2. The minimum atomic E-state index is -2.26. The standard InChI is InChI=1S/C21H34O7/c1-3-8-26-18(22)13-21(25,20(24)28-9-4-2)14-19(23)27-10-7-17-12-15-5-6-16(17)11-15/h15-17,25H,3-14H2,1-2H3. The Morgan fingerprint density at radius 3 is 2.04 bits per heavy atom. The highest BCUT2D eigenvalue weighted by molar-refractivity contribution is 5.90. The van der Waals surface area contributed by atoms with E-state index in [0.717, 1.165) is 18.3 Å². The summed E-state index contributed by atoms with van der Waals surface area (Å²) in [7, 11) is 0. The zero-order valence-corrected chi connectivity index (χ0v) is 17.1. The van der Waals surface area contributed by atoms with Crippen molar-refractivity contribution in [2.45, 2.75) is 77.2 Å². The summed E-state index contributed by atoms with van der Waals surface area (Å²) < 4.78 is 15.2. The lowest BCUT2D eigenvalue weighted by Gasteiger charge is -2.25. The predicted molar refractivity (Wildman–Crippen MR) is 101 cm³/mol. The van der Waals surface area contributed by atoms with Crippen LogP contribution in [-0.4, -0.2) is 48.4 Å². The molecule has 0 amide bonds. The Bertz CT molecular complexity index is 547. The minimum Gasteiger partial charge on any atom is -0.466 e. The van der Waals surface area contributed by atoms with Gasteiger partial charge in [-0.3, -0.25) is 9.59 Å². The maximum absolute atomic E-state index is 12.3. The molecule has 28 heavy (non-hydrogen) atoms. The van der Waals surface area contributed by atoms with Gasteiger partial charge < -0.3 is 19.3 Å². The van der Waals surface area contributed by atoms with Gasteiger partial charge in [-0.05, 0) is 56.3 Å². The van der Waals surface area contributed by atoms with Crippen molar-refractivity contribution >= 4 is 17.9 Å². The van der Waals surface area contributed by atoms with Crippen LogP contribution in [0.25, 0.3) is 0 Å². The van der Waals surface area contributed by atoms with Gasteiger partial charge in [0.1, 0.15) is 0 Å². The molecule has 2 fully saturated rings. The number of hydrogen-bond acceptors (Lipinski definition) is 7. The van der Waals surface area contributed by atoms with Crippen molar-refractivity contribution in [2.24, 2.45) is 17.8 Å². The lowest BCUT2D eigenvalue weighted by molar-refractivity contribution is -0.178. The first kappa shape index (κ1) is 22.7. The summed E-state index contributed by atoms with van der Waals surface area (Å²) in [4.78, 5) is 36.4. The Kier molecular flexibility index (Phi) is 8.73. The molecule has 2 aliphatic carbocycles. The van der Waals surface area contributed by atoms with E-state index in [1.807, 2.05) is 13.8 Å². The number of rotatable bonds is 12. The van der Waals surface area contributed by atoms with E-state index in [9.17, 15) is 19.5 Å². The molecule has 7 nitrogen and oxygen atoms in total. The third kappa shape index (κ3) is 6.47. The Morgan fingerprint density at radius 1 is 0.893 bits per heavy atom. The summed E-state index contributed by atoms with van der Waals surface area (Å²) in [6, 6.07) is 0. The molecule has 0 spiro atoms. The summed E-state index contributed by atoms with van der Waals surface area (Å²) in [5.74, 6) is -0.261. The third-order valence-electron chi connectivity index (χ3n) is 5.79. The molecule has 0 radical (unpaired) electrons. The van der Waals surface area contributed by atoms with Crippen LogP contribution >= 0.6 is 0 Å². The molecular weight excluding hydrogens is 364 g/mol. The van der Waals surface area contributed by atoms with Crippen LogP contribution in [0.2, 0.25) is 0 Å². The first-order valence-electron chi connectivity index (χ1n) is 10.6. The zero-order chi connectivity index (χ0) is 20.6. The summed E-state index contributed by atoms with van der Waals surface area (Å²) in [6.45, 7) is 4.21. The quantitative estimate of drug-likeness (QED) is 0.399. The van der Waals surface area contributed by atoms with Gasteiger partial charge in [0.15, 0.2) is 5.60 Å². The summed E-state index contributed by atoms with van der Waals surface area (Å²) in [6.07, 6.45) is 5.84. The fourth-order valence-corrected chi connectivity index (χ4v) is 4.39. The number of aliphatic hydroxyl groups is 1. The molecule has 160 valence electrons. The summed E-state index contributed by atoms with van der Waals surface area (Å²) in [5, 5.41) is 10.7. The molecule has 7 heteroatoms. The first-order valence-corrected chi connectivity index (χ1v) is 10.6. The maximum Gasteiger partial charge on any atom is 0.339 e. The van der Waals surface area contributed by atoms with Crippen LogP contribution in [0, 0.1) is 17.8 Å². The van der Waals surface area contributed by atoms with Gasteiger partial charge >= 0.3 is 17.9 Å². The third-order valence-corrected chi connectivity index (χ3v) is 5.79. The van der Waals surface area contributed by atoms with Crippen LogP contribution in [-0.2, 0) is 28.6 Å². The molecule has 2 rings (SSSR count). The second kappa shape index (κ2) is 10.8. The highest BCUT2D eigenvalue weighted by Crippen LogP contribution is 2.49. The molecular formula is C21H34O7. The molecule has 0 saturated heterocycles. The number of ether oxygens (including phenoxy) is 3. The van der Waals surface area contributed by atoms with Crippen molar-refractivity contribution in [1.82, 2.24) is 0 Å². The fraction of sp³-hybridized carbons (Fsp3) is 0.857. The zero-order valence-electron chi connectivity index (χ0n) is 17.1. The Balaban J connectivity index is 1.83. The van der Waals surface area contributed by atoms with Gasteiger partial charge in [-0.25, -0.2) is 4.79 Å². The van der Waals surface area contributed by atoms with Crippen LogP contribution in [0.5, 0.6) is 0 Å². The van der Waals surface area contributed by atoms with Gasteiger partial charge in [-0.15, -0.1) is 0 Å². The van der Waals surface area contributed by atoms with E-state index in [2.05, 4.69) is 0 Å². The van der Waals surface area contributed by atoms with Gasteiger partial charge in [0.2, 0.25) is 0 Å². The Labute approximate surface area is 167 Å². The second-order valence-corrected chi connectivity index (χ2v) is 8.19. The van der Waals surface area contributed by atoms with Crippen molar-refractivity contribution in [3.05, 3.63) is 0 Å². The Morgan fingerprint density at radius 2 is 1.50 bits per heavy atom. The highest BCUT2D eigenvalue weighted by atomic mass is 16.6. The molecule has 1 N–H and O–H groups in total. The molecule has 2 saturated carbocycles. The monoisotopic (exact) mass is 398 g/mol. The van der Waals surface area contributed by atoms with Crippen LogP contribution in [0.1, 0.15) is 71.6 Å². The molecule has 4 unspecified atom stereocenters. The maximum atomic E-state index is 12.3. The molecule has 0 aliphatic heterocycles. The second-order valence-electron chi connectivity index (χ2n) is 8.19. The SMILES string of the molecule is CCCOC(=O)CC(O)(CC(=O)OCCC1CC2CCC1C2)C(=O)OCCC. The lowest BCUT2D eigenvalue weighted by Crippen LogP contribution is -2.45. The van der Waals surface area contributed by atoms with Crippen LogP contribution in [0.15, 0.2) is 0 Å². The van der Waals surface area contributed by atoms with Gasteiger partial charge in [0.05, 0.1) is 32.7 Å². The smallest absolute Gasteiger partial charge is 0.339 e. The molecule has 0 heterocycles. The topological polar surface area (TPSA) is 99.1 Å². The van der Waals surface area contributed by atoms with E-state index < -0.39 is 36.4 Å². The summed E-state index contributed by atoms with van der Waals surface area (Å²) in [5.41, 5.74) is -2.26. The average molecular weight is 398 g/mol. The van der Waals surface area contributed by atoms with Crippen molar-refractivity contribution in [1.29, 1.82) is 0 Å². The van der Waals surface area contributed by atoms with Gasteiger partial charge in [0, 0.05) is 0 Å². The van der Waals surface area contributed by atoms with E-state index >= 15 is 0 Å². The van der Waals surface area contributed by atoms with E-state index in [1.165, 1.54) is 25.7 Å². The molecule has 0 aromatic carbocycles. The van der Waals surface area contributed by atoms with Crippen LogP contribution in [0.3, 0.4) is 0 Å². The largest absolute Gasteiger partial charge is 0.466 e. The molecule has 4 atom stereocenters. The van der Waals surface area contributed by atoms with E-state index in [4.69, 9.17) is 14.2 Å². The Hall–Kier alpha value is -1.63. The predicted octanol–water partition coefficient (Wildman–Crippen LogP) is 2.77. The van der Waals surface area contributed by atoms with E-state index in [-0.39, 0.29) is 19.8 Å². The number of carbonyl (C=O) groups excluding carboxylic acids is 3. The van der Waals surface area contributed by atoms with Gasteiger partial charge in [-0.2, -0.15) is 0 Å². The summed E-state index contributed by atoms with van der Waals surface area (Å²) >= 11 is 0. The molecule has 0 aromatic heterocycles. The minimum absolute atomic E-state index is 0.102. The number of esters is 3. The number of hydrogen-bond donors (Lipinski definition) is 1. The van der Waals surface area contributed by atoms with Gasteiger partial charge in [-0.1, -0.05) is 20.3 Å². The molecule has 2 bridgehead atoms. The normalized spacial score (nSPS) is 25.2. The van der Waals surface area contributed by atoms with Crippen molar-refractivity contribution < 1.29 is 33.7 Å². The van der Waals surface area contributed by atoms with Crippen LogP contribution < -0.4 is 0 Å². The van der Waals surface area contributed by atoms with E-state index in [1.54, 1.807) is 0 Å². The number of carbonyl (C=O) groups is 3. The van der Waals surface area contributed by atoms with Crippen molar-refractivity contribution in [3.63, 3.8) is 0 Å². The average Bonchev–Trinajstić information content (AvgIpc) is 3.27. The van der Waals surface area contributed by atoms with Crippen LogP contribution in [0.4, 0.5) is 0 Å². The van der Waals surface area contributed by atoms with E-state index in [0.29, 0.717) is 18.8 Å². The molecule has 2 aliphatic rings. The molecule has 0 aromatic rings. The van der Waals surface area contributed by atoms with Crippen molar-refractivity contribution in [3.8, 4) is 0 Å².